The summed E-state index contributed by atoms with van der Waals surface area (Å²) in [6.45, 7) is 0.442. The van der Waals surface area contributed by atoms with Gasteiger partial charge in [-0.2, -0.15) is 0 Å². The third kappa shape index (κ3) is 5.94. The van der Waals surface area contributed by atoms with Crippen molar-refractivity contribution in [3.05, 3.63) is 82.9 Å². The number of nitrogens with two attached hydrogens (primary N) is 1. The Morgan fingerprint density at radius 1 is 1.00 bits per heavy atom. The van der Waals surface area contributed by atoms with Crippen molar-refractivity contribution < 1.29 is 38.0 Å². The standard InChI is InChI=1S/C29H27NO8.ClH/c1-33-24-13-18(14-25(27(24)34-2)38-29(32)26(30)19-6-4-3-5-7-19)11-21-20(15-35-28(21)31)10-17-8-9-22-23(12-17)37-16-36-22;/h3-9,11-14,20,26H,10,15-16,30H2,1-2H3;1H/b21-11-;/t20?,26-;/m0./s1. The summed E-state index contributed by atoms with van der Waals surface area (Å²) in [5.41, 5.74) is 8.79. The molecule has 9 nitrogen and oxygen atoms in total. The molecule has 5 rings (SSSR count). The Labute approximate surface area is 231 Å². The van der Waals surface area contributed by atoms with Crippen LogP contribution in [0, 0.1) is 5.92 Å². The Morgan fingerprint density at radius 3 is 2.49 bits per heavy atom. The summed E-state index contributed by atoms with van der Waals surface area (Å²) in [6, 6.07) is 16.9. The number of hydrogen-bond acceptors (Lipinski definition) is 9. The molecule has 2 atom stereocenters. The fraction of sp³-hybridized carbons (Fsp3) is 0.241. The summed E-state index contributed by atoms with van der Waals surface area (Å²) in [4.78, 5) is 25.5. The SMILES string of the molecule is COc1cc(/C=C2\C(=O)OCC2Cc2ccc3c(c2)OCO3)cc(OC(=O)[C@@H](N)c2ccccc2)c1OC.Cl. The average Bonchev–Trinajstić information content (AvgIpc) is 3.54. The maximum Gasteiger partial charge on any atom is 0.334 e. The molecule has 2 N–H and O–H groups in total. The zero-order valence-electron chi connectivity index (χ0n) is 21.4. The molecule has 0 radical (unpaired) electrons. The largest absolute Gasteiger partial charge is 0.493 e. The molecule has 204 valence electrons. The third-order valence-electron chi connectivity index (χ3n) is 6.42. The molecule has 1 unspecified atom stereocenters. The summed E-state index contributed by atoms with van der Waals surface area (Å²) >= 11 is 0. The maximum atomic E-state index is 12.9. The van der Waals surface area contributed by atoms with Gasteiger partial charge in [0, 0.05) is 11.5 Å². The van der Waals surface area contributed by atoms with Crippen molar-refractivity contribution in [3.8, 4) is 28.7 Å². The first-order chi connectivity index (χ1) is 18.5. The van der Waals surface area contributed by atoms with E-state index in [1.807, 2.05) is 24.3 Å². The van der Waals surface area contributed by atoms with E-state index in [1.54, 1.807) is 42.5 Å². The molecule has 0 aromatic heterocycles. The highest BCUT2D eigenvalue weighted by molar-refractivity contribution is 5.96. The highest BCUT2D eigenvalue weighted by Crippen LogP contribution is 2.41. The number of esters is 2. The van der Waals surface area contributed by atoms with Crippen LogP contribution in [0.5, 0.6) is 28.7 Å². The second-order valence-corrected chi connectivity index (χ2v) is 8.85. The number of halogens is 1. The lowest BCUT2D eigenvalue weighted by molar-refractivity contribution is -0.136. The van der Waals surface area contributed by atoms with Gasteiger partial charge >= 0.3 is 11.9 Å². The summed E-state index contributed by atoms with van der Waals surface area (Å²) in [7, 11) is 2.92. The minimum atomic E-state index is -0.996. The van der Waals surface area contributed by atoms with Crippen LogP contribution in [-0.4, -0.2) is 39.6 Å². The Hall–Kier alpha value is -4.21. The van der Waals surface area contributed by atoms with Crippen LogP contribution in [0.2, 0.25) is 0 Å². The van der Waals surface area contributed by atoms with Gasteiger partial charge in [0.2, 0.25) is 12.5 Å². The van der Waals surface area contributed by atoms with Crippen molar-refractivity contribution in [1.29, 1.82) is 0 Å². The van der Waals surface area contributed by atoms with Gasteiger partial charge < -0.3 is 34.2 Å². The molecule has 10 heteroatoms. The van der Waals surface area contributed by atoms with Gasteiger partial charge in [-0.05, 0) is 53.5 Å². The lowest BCUT2D eigenvalue weighted by atomic mass is 9.92. The molecular formula is C29H28ClNO8. The number of benzene rings is 3. The van der Waals surface area contributed by atoms with E-state index in [0.29, 0.717) is 40.4 Å². The van der Waals surface area contributed by atoms with Crippen LogP contribution in [0.15, 0.2) is 66.2 Å². The first-order valence-electron chi connectivity index (χ1n) is 12.0. The summed E-state index contributed by atoms with van der Waals surface area (Å²) in [5.74, 6) is 0.798. The van der Waals surface area contributed by atoms with Crippen LogP contribution < -0.4 is 29.4 Å². The van der Waals surface area contributed by atoms with Crippen molar-refractivity contribution in [1.82, 2.24) is 0 Å². The Bertz CT molecular complexity index is 1390. The van der Waals surface area contributed by atoms with E-state index in [9.17, 15) is 9.59 Å². The minimum Gasteiger partial charge on any atom is -0.493 e. The summed E-state index contributed by atoms with van der Waals surface area (Å²) < 4.78 is 32.8. The monoisotopic (exact) mass is 553 g/mol. The Balaban J connectivity index is 0.00000353. The molecule has 1 saturated heterocycles. The van der Waals surface area contributed by atoms with E-state index < -0.39 is 18.0 Å². The van der Waals surface area contributed by atoms with Crippen LogP contribution in [0.3, 0.4) is 0 Å². The van der Waals surface area contributed by atoms with Crippen LogP contribution in [0.1, 0.15) is 22.7 Å². The first kappa shape index (κ1) is 27.8. The van der Waals surface area contributed by atoms with E-state index >= 15 is 0 Å². The highest BCUT2D eigenvalue weighted by Gasteiger charge is 2.31. The lowest BCUT2D eigenvalue weighted by Crippen LogP contribution is -2.26. The molecule has 2 aliphatic rings. The van der Waals surface area contributed by atoms with Gasteiger partial charge in [0.05, 0.1) is 20.8 Å². The normalized spacial score (nSPS) is 17.3. The smallest absolute Gasteiger partial charge is 0.334 e. The zero-order valence-corrected chi connectivity index (χ0v) is 22.2. The molecule has 0 aliphatic carbocycles. The number of cyclic esters (lactones) is 1. The molecule has 3 aromatic carbocycles. The van der Waals surface area contributed by atoms with Gasteiger partial charge in [0.1, 0.15) is 6.04 Å². The molecule has 0 saturated carbocycles. The zero-order chi connectivity index (χ0) is 26.6. The fourth-order valence-electron chi connectivity index (χ4n) is 4.47. The lowest BCUT2D eigenvalue weighted by Gasteiger charge is -2.16. The highest BCUT2D eigenvalue weighted by atomic mass is 35.5. The molecule has 0 amide bonds. The van der Waals surface area contributed by atoms with Crippen molar-refractivity contribution in [2.24, 2.45) is 11.7 Å². The van der Waals surface area contributed by atoms with Crippen molar-refractivity contribution in [3.63, 3.8) is 0 Å². The van der Waals surface area contributed by atoms with Gasteiger partial charge in [0.25, 0.3) is 0 Å². The number of fused-ring (bicyclic) bond motifs is 1. The molecule has 0 spiro atoms. The predicted molar refractivity (Wildman–Crippen MR) is 144 cm³/mol. The van der Waals surface area contributed by atoms with Crippen LogP contribution >= 0.6 is 12.4 Å². The van der Waals surface area contributed by atoms with E-state index in [0.717, 1.165) is 5.56 Å². The molecule has 3 aromatic rings. The molecule has 0 bridgehead atoms. The van der Waals surface area contributed by atoms with E-state index in [2.05, 4.69) is 0 Å². The molecule has 1 fully saturated rings. The Kier molecular flexibility index (Phi) is 8.63. The second-order valence-electron chi connectivity index (χ2n) is 8.85. The molecule has 2 heterocycles. The van der Waals surface area contributed by atoms with Crippen molar-refractivity contribution in [2.45, 2.75) is 12.5 Å². The predicted octanol–water partition coefficient (Wildman–Crippen LogP) is 4.26. The van der Waals surface area contributed by atoms with Crippen LogP contribution in [0.25, 0.3) is 6.08 Å². The number of rotatable bonds is 8. The third-order valence-corrected chi connectivity index (χ3v) is 6.42. The quantitative estimate of drug-likeness (QED) is 0.248. The fourth-order valence-corrected chi connectivity index (χ4v) is 4.47. The number of methoxy groups -OCH3 is 2. The van der Waals surface area contributed by atoms with Gasteiger partial charge in [-0.25, -0.2) is 9.59 Å². The van der Waals surface area contributed by atoms with Crippen molar-refractivity contribution in [2.75, 3.05) is 27.6 Å². The molecule has 39 heavy (non-hydrogen) atoms. The van der Waals surface area contributed by atoms with Gasteiger partial charge in [-0.1, -0.05) is 36.4 Å². The number of ether oxygens (including phenoxy) is 6. The van der Waals surface area contributed by atoms with Gasteiger partial charge in [-0.15, -0.1) is 12.4 Å². The van der Waals surface area contributed by atoms with Gasteiger partial charge in [0.15, 0.2) is 23.0 Å². The Morgan fingerprint density at radius 2 is 1.74 bits per heavy atom. The molecular weight excluding hydrogens is 526 g/mol. The maximum absolute atomic E-state index is 12.9. The van der Waals surface area contributed by atoms with E-state index in [1.165, 1.54) is 14.2 Å². The van der Waals surface area contributed by atoms with Crippen molar-refractivity contribution >= 4 is 30.4 Å². The molecule has 2 aliphatic heterocycles. The van der Waals surface area contributed by atoms with E-state index in [4.69, 9.17) is 34.2 Å². The van der Waals surface area contributed by atoms with Gasteiger partial charge in [-0.3, -0.25) is 0 Å². The summed E-state index contributed by atoms with van der Waals surface area (Å²) in [6.07, 6.45) is 2.28. The van der Waals surface area contributed by atoms with Crippen LogP contribution in [-0.2, 0) is 20.7 Å². The minimum absolute atomic E-state index is 0. The topological polar surface area (TPSA) is 116 Å². The number of hydrogen-bond donors (Lipinski definition) is 1. The van der Waals surface area contributed by atoms with E-state index in [-0.39, 0.29) is 43.2 Å². The summed E-state index contributed by atoms with van der Waals surface area (Å²) in [5, 5.41) is 0. The second kappa shape index (κ2) is 12.1. The number of carbonyl (C=O) groups excluding carboxylic acids is 2. The first-order valence-corrected chi connectivity index (χ1v) is 12.0. The van der Waals surface area contributed by atoms with Crippen LogP contribution in [0.4, 0.5) is 0 Å². The average molecular weight is 554 g/mol. The number of carbonyl (C=O) groups is 2.